The number of nitrogens with zero attached hydrogens (tertiary/aromatic N) is 1. The molecule has 0 bridgehead atoms. The van der Waals surface area contributed by atoms with Gasteiger partial charge >= 0.3 is 6.18 Å². The molecule has 2 N–H and O–H groups in total. The first-order valence-electron chi connectivity index (χ1n) is 5.01. The molecule has 0 fully saturated rings. The maximum Gasteiger partial charge on any atom is 0.417 e. The van der Waals surface area contributed by atoms with E-state index >= 15 is 0 Å². The van der Waals surface area contributed by atoms with Crippen molar-refractivity contribution in [3.05, 3.63) is 41.7 Å². The van der Waals surface area contributed by atoms with Crippen LogP contribution in [-0.4, -0.2) is 17.4 Å². The molecule has 0 aliphatic heterocycles. The Kier molecular flexibility index (Phi) is 4.43. The molecule has 0 saturated heterocycles. The van der Waals surface area contributed by atoms with Crippen molar-refractivity contribution in [1.29, 1.82) is 0 Å². The molecule has 98 valence electrons. The van der Waals surface area contributed by atoms with E-state index in [4.69, 9.17) is 0 Å². The fourth-order valence-corrected chi connectivity index (χ4v) is 1.17. The van der Waals surface area contributed by atoms with Gasteiger partial charge in [0, 0.05) is 18.9 Å². The van der Waals surface area contributed by atoms with Crippen LogP contribution in [0.15, 0.2) is 30.6 Å². The molecular weight excluding hydrogens is 247 g/mol. The van der Waals surface area contributed by atoms with Gasteiger partial charge in [0.1, 0.15) is 0 Å². The molecule has 18 heavy (non-hydrogen) atoms. The van der Waals surface area contributed by atoms with Crippen LogP contribution in [0.25, 0.3) is 0 Å². The molecule has 0 unspecified atom stereocenters. The number of carbonyl (C=O) groups is 1. The SMILES string of the molecule is C=C(C)CNNC(=O)c1cnccc1C(F)(F)F. The minimum Gasteiger partial charge on any atom is -0.287 e. The predicted octanol–water partition coefficient (Wildman–Crippen LogP) is 1.91. The van der Waals surface area contributed by atoms with Crippen molar-refractivity contribution in [3.63, 3.8) is 0 Å². The average Bonchev–Trinajstić information content (AvgIpc) is 2.27. The number of hydrogen-bond donors (Lipinski definition) is 2. The maximum absolute atomic E-state index is 12.6. The third-order valence-electron chi connectivity index (χ3n) is 1.96. The first-order chi connectivity index (χ1) is 8.32. The van der Waals surface area contributed by atoms with Crippen molar-refractivity contribution in [3.8, 4) is 0 Å². The molecule has 1 rings (SSSR count). The van der Waals surface area contributed by atoms with Gasteiger partial charge in [0.15, 0.2) is 0 Å². The van der Waals surface area contributed by atoms with Crippen LogP contribution < -0.4 is 10.9 Å². The van der Waals surface area contributed by atoms with Gasteiger partial charge in [-0.05, 0) is 13.0 Å². The maximum atomic E-state index is 12.6. The minimum atomic E-state index is -4.59. The van der Waals surface area contributed by atoms with Gasteiger partial charge in [-0.15, -0.1) is 0 Å². The lowest BCUT2D eigenvalue weighted by molar-refractivity contribution is -0.138. The van der Waals surface area contributed by atoms with E-state index in [0.717, 1.165) is 24.0 Å². The predicted molar refractivity (Wildman–Crippen MR) is 59.5 cm³/mol. The van der Waals surface area contributed by atoms with E-state index < -0.39 is 23.2 Å². The van der Waals surface area contributed by atoms with Crippen LogP contribution in [0.1, 0.15) is 22.8 Å². The first kappa shape index (κ1) is 14.2. The number of halogens is 3. The fourth-order valence-electron chi connectivity index (χ4n) is 1.17. The van der Waals surface area contributed by atoms with Crippen LogP contribution in [0, 0.1) is 0 Å². The highest BCUT2D eigenvalue weighted by Gasteiger charge is 2.35. The van der Waals surface area contributed by atoms with E-state index in [1.807, 2.05) is 0 Å². The molecule has 0 aromatic carbocycles. The fraction of sp³-hybridized carbons (Fsp3) is 0.273. The molecule has 0 atom stereocenters. The van der Waals surface area contributed by atoms with Crippen molar-refractivity contribution in [2.45, 2.75) is 13.1 Å². The average molecular weight is 259 g/mol. The lowest BCUT2D eigenvalue weighted by atomic mass is 10.1. The minimum absolute atomic E-state index is 0.271. The highest BCUT2D eigenvalue weighted by Crippen LogP contribution is 2.31. The second-order valence-corrected chi connectivity index (χ2v) is 3.68. The molecule has 0 spiro atoms. The molecule has 1 heterocycles. The third-order valence-corrected chi connectivity index (χ3v) is 1.96. The molecule has 1 amide bonds. The number of amides is 1. The summed E-state index contributed by atoms with van der Waals surface area (Å²) in [5.41, 5.74) is 3.80. The number of alkyl halides is 3. The summed E-state index contributed by atoms with van der Waals surface area (Å²) >= 11 is 0. The number of nitrogens with one attached hydrogen (secondary N) is 2. The third kappa shape index (κ3) is 3.85. The number of hydrogen-bond acceptors (Lipinski definition) is 3. The van der Waals surface area contributed by atoms with Crippen LogP contribution in [0.4, 0.5) is 13.2 Å². The Bertz CT molecular complexity index is 457. The molecule has 0 aliphatic rings. The summed E-state index contributed by atoms with van der Waals surface area (Å²) in [6, 6.07) is 0.758. The molecular formula is C11H12F3N3O. The summed E-state index contributed by atoms with van der Waals surface area (Å²) in [5.74, 6) is -0.892. The van der Waals surface area contributed by atoms with Crippen molar-refractivity contribution < 1.29 is 18.0 Å². The molecule has 1 aromatic rings. The Morgan fingerprint density at radius 1 is 1.50 bits per heavy atom. The van der Waals surface area contributed by atoms with Gasteiger partial charge < -0.3 is 0 Å². The van der Waals surface area contributed by atoms with Gasteiger partial charge in [-0.1, -0.05) is 12.2 Å². The largest absolute Gasteiger partial charge is 0.417 e. The van der Waals surface area contributed by atoms with Crippen LogP contribution in [0.3, 0.4) is 0 Å². The second kappa shape index (κ2) is 5.63. The Balaban J connectivity index is 2.83. The Hall–Kier alpha value is -1.89. The number of rotatable bonds is 4. The lowest BCUT2D eigenvalue weighted by Crippen LogP contribution is -2.39. The number of pyridine rings is 1. The van der Waals surface area contributed by atoms with Crippen molar-refractivity contribution in [2.75, 3.05) is 6.54 Å². The number of hydrazine groups is 1. The van der Waals surface area contributed by atoms with Crippen LogP contribution in [0.5, 0.6) is 0 Å². The summed E-state index contributed by atoms with van der Waals surface area (Å²) in [6.45, 7) is 5.56. The Morgan fingerprint density at radius 2 is 2.17 bits per heavy atom. The monoisotopic (exact) mass is 259 g/mol. The summed E-state index contributed by atoms with van der Waals surface area (Å²) in [6.07, 6.45) is -2.73. The number of aromatic nitrogens is 1. The smallest absolute Gasteiger partial charge is 0.287 e. The van der Waals surface area contributed by atoms with E-state index in [1.165, 1.54) is 0 Å². The zero-order valence-corrected chi connectivity index (χ0v) is 9.64. The van der Waals surface area contributed by atoms with Gasteiger partial charge in [0.25, 0.3) is 5.91 Å². The van der Waals surface area contributed by atoms with E-state index in [0.29, 0.717) is 0 Å². The van der Waals surface area contributed by atoms with Crippen LogP contribution in [-0.2, 0) is 6.18 Å². The second-order valence-electron chi connectivity index (χ2n) is 3.68. The summed E-state index contributed by atoms with van der Waals surface area (Å²) in [4.78, 5) is 15.1. The van der Waals surface area contributed by atoms with E-state index in [2.05, 4.69) is 22.4 Å². The van der Waals surface area contributed by atoms with E-state index in [-0.39, 0.29) is 6.54 Å². The molecule has 0 aliphatic carbocycles. The summed E-state index contributed by atoms with van der Waals surface area (Å²) < 4.78 is 37.9. The van der Waals surface area contributed by atoms with Gasteiger partial charge in [-0.2, -0.15) is 13.2 Å². The van der Waals surface area contributed by atoms with Gasteiger partial charge in [-0.3, -0.25) is 15.2 Å². The van der Waals surface area contributed by atoms with Crippen molar-refractivity contribution >= 4 is 5.91 Å². The van der Waals surface area contributed by atoms with Gasteiger partial charge in [0.05, 0.1) is 11.1 Å². The normalized spacial score (nSPS) is 11.1. The summed E-state index contributed by atoms with van der Waals surface area (Å²) in [7, 11) is 0. The quantitative estimate of drug-likeness (QED) is 0.641. The Labute approximate surface area is 102 Å². The van der Waals surface area contributed by atoms with E-state index in [1.54, 1.807) is 6.92 Å². The van der Waals surface area contributed by atoms with Gasteiger partial charge in [-0.25, -0.2) is 5.43 Å². The highest BCUT2D eigenvalue weighted by atomic mass is 19.4. The zero-order valence-electron chi connectivity index (χ0n) is 9.64. The first-order valence-corrected chi connectivity index (χ1v) is 5.01. The zero-order chi connectivity index (χ0) is 13.8. The molecule has 7 heteroatoms. The molecule has 0 radical (unpaired) electrons. The van der Waals surface area contributed by atoms with Gasteiger partial charge in [0.2, 0.25) is 0 Å². The topological polar surface area (TPSA) is 54.0 Å². The molecule has 4 nitrogen and oxygen atoms in total. The summed E-state index contributed by atoms with van der Waals surface area (Å²) in [5, 5.41) is 0. The standard InChI is InChI=1S/C11H12F3N3O/c1-7(2)5-16-17-10(18)8-6-15-4-3-9(8)11(12,13)14/h3-4,6,16H,1,5H2,2H3,(H,17,18). The molecule has 0 saturated carbocycles. The number of carbonyl (C=O) groups excluding carboxylic acids is 1. The van der Waals surface area contributed by atoms with Crippen molar-refractivity contribution in [1.82, 2.24) is 15.8 Å². The lowest BCUT2D eigenvalue weighted by Gasteiger charge is -2.12. The molecule has 1 aromatic heterocycles. The van der Waals surface area contributed by atoms with Crippen LogP contribution >= 0.6 is 0 Å². The van der Waals surface area contributed by atoms with Crippen molar-refractivity contribution in [2.24, 2.45) is 0 Å². The van der Waals surface area contributed by atoms with E-state index in [9.17, 15) is 18.0 Å². The van der Waals surface area contributed by atoms with Crippen LogP contribution in [0.2, 0.25) is 0 Å². The Morgan fingerprint density at radius 3 is 2.72 bits per heavy atom. The highest BCUT2D eigenvalue weighted by molar-refractivity contribution is 5.95.